The zero-order valence-corrected chi connectivity index (χ0v) is 8.56. The summed E-state index contributed by atoms with van der Waals surface area (Å²) in [6.07, 6.45) is 1.35. The minimum atomic E-state index is 0. The lowest BCUT2D eigenvalue weighted by Gasteiger charge is -2.06. The first-order valence-corrected chi connectivity index (χ1v) is 3.85. The Hall–Kier alpha value is 0.500. The minimum Gasteiger partial charge on any atom is -0.317 e. The topological polar surface area (TPSA) is 24.1 Å². The van der Waals surface area contributed by atoms with Gasteiger partial charge in [-0.15, -0.1) is 24.8 Å². The molecule has 1 fully saturated rings. The summed E-state index contributed by atoms with van der Waals surface area (Å²) in [5.41, 5.74) is 0. The summed E-state index contributed by atoms with van der Waals surface area (Å²) >= 11 is 0. The van der Waals surface area contributed by atoms with Crippen molar-refractivity contribution >= 4 is 24.8 Å². The molecule has 0 saturated carbocycles. The van der Waals surface area contributed by atoms with Crippen molar-refractivity contribution in [2.24, 2.45) is 5.92 Å². The fraction of sp³-hybridized carbons (Fsp3) is 1.00. The van der Waals surface area contributed by atoms with Crippen LogP contribution in [0.2, 0.25) is 0 Å². The Labute approximate surface area is 81.3 Å². The van der Waals surface area contributed by atoms with E-state index in [4.69, 9.17) is 0 Å². The van der Waals surface area contributed by atoms with Crippen LogP contribution in [-0.2, 0) is 0 Å². The molecule has 0 aromatic carbocycles. The predicted octanol–water partition coefficient (Wildman–Crippen LogP) is 1.05. The summed E-state index contributed by atoms with van der Waals surface area (Å²) in [4.78, 5) is 0. The van der Waals surface area contributed by atoms with Gasteiger partial charge in [0.1, 0.15) is 0 Å². The molecule has 70 valence electrons. The van der Waals surface area contributed by atoms with Crippen LogP contribution in [-0.4, -0.2) is 26.2 Å². The van der Waals surface area contributed by atoms with E-state index >= 15 is 0 Å². The lowest BCUT2D eigenvalue weighted by Crippen LogP contribution is -2.23. The Bertz CT molecular complexity index is 74.8. The van der Waals surface area contributed by atoms with Gasteiger partial charge < -0.3 is 10.6 Å². The molecule has 4 heteroatoms. The van der Waals surface area contributed by atoms with E-state index in [9.17, 15) is 0 Å². The largest absolute Gasteiger partial charge is 0.317 e. The van der Waals surface area contributed by atoms with Crippen molar-refractivity contribution in [2.75, 3.05) is 26.2 Å². The van der Waals surface area contributed by atoms with Crippen LogP contribution in [0.1, 0.15) is 13.3 Å². The summed E-state index contributed by atoms with van der Waals surface area (Å²) in [6.45, 7) is 6.89. The molecule has 1 aliphatic rings. The van der Waals surface area contributed by atoms with E-state index in [0.717, 1.165) is 12.5 Å². The van der Waals surface area contributed by atoms with Gasteiger partial charge in [0.25, 0.3) is 0 Å². The highest BCUT2D eigenvalue weighted by Crippen LogP contribution is 2.04. The molecule has 2 N–H and O–H groups in total. The van der Waals surface area contributed by atoms with Crippen LogP contribution in [0.15, 0.2) is 0 Å². The third-order valence-corrected chi connectivity index (χ3v) is 1.85. The van der Waals surface area contributed by atoms with Crippen molar-refractivity contribution in [2.45, 2.75) is 13.3 Å². The van der Waals surface area contributed by atoms with Gasteiger partial charge in [-0.3, -0.25) is 0 Å². The smallest absolute Gasteiger partial charge is 0.000790 e. The molecule has 1 unspecified atom stereocenters. The second-order valence-corrected chi connectivity index (χ2v) is 2.67. The maximum Gasteiger partial charge on any atom is -0.000790 e. The Morgan fingerprint density at radius 2 is 2.18 bits per heavy atom. The zero-order valence-electron chi connectivity index (χ0n) is 6.93. The van der Waals surface area contributed by atoms with Crippen molar-refractivity contribution in [1.29, 1.82) is 0 Å². The Morgan fingerprint density at radius 1 is 1.45 bits per heavy atom. The summed E-state index contributed by atoms with van der Waals surface area (Å²) in [6, 6.07) is 0. The maximum atomic E-state index is 3.35. The average molecular weight is 201 g/mol. The van der Waals surface area contributed by atoms with Crippen LogP contribution in [0.3, 0.4) is 0 Å². The first-order chi connectivity index (χ1) is 4.43. The Morgan fingerprint density at radius 3 is 2.64 bits per heavy atom. The van der Waals surface area contributed by atoms with Gasteiger partial charge in [0, 0.05) is 0 Å². The van der Waals surface area contributed by atoms with Crippen LogP contribution >= 0.6 is 24.8 Å². The lowest BCUT2D eigenvalue weighted by molar-refractivity contribution is 0.523. The second kappa shape index (κ2) is 8.60. The molecular weight excluding hydrogens is 183 g/mol. The first kappa shape index (κ1) is 14.0. The Balaban J connectivity index is 0. The molecule has 0 amide bonds. The van der Waals surface area contributed by atoms with Crippen molar-refractivity contribution in [3.05, 3.63) is 0 Å². The van der Waals surface area contributed by atoms with E-state index in [1.807, 2.05) is 0 Å². The zero-order chi connectivity index (χ0) is 6.53. The number of hydrogen-bond acceptors (Lipinski definition) is 2. The summed E-state index contributed by atoms with van der Waals surface area (Å²) in [5, 5.41) is 6.69. The van der Waals surface area contributed by atoms with E-state index in [1.54, 1.807) is 0 Å². The number of hydrogen-bond donors (Lipinski definition) is 2. The van der Waals surface area contributed by atoms with Crippen molar-refractivity contribution in [3.8, 4) is 0 Å². The van der Waals surface area contributed by atoms with Crippen molar-refractivity contribution in [1.82, 2.24) is 10.6 Å². The molecule has 0 radical (unpaired) electrons. The molecular formula is C7H18Cl2N2. The SMILES string of the molecule is CCNCC1CCNC1.Cl.Cl. The van der Waals surface area contributed by atoms with Crippen LogP contribution < -0.4 is 10.6 Å². The average Bonchev–Trinajstić information content (AvgIpc) is 2.34. The van der Waals surface area contributed by atoms with Gasteiger partial charge in [0.15, 0.2) is 0 Å². The summed E-state index contributed by atoms with van der Waals surface area (Å²) in [7, 11) is 0. The van der Waals surface area contributed by atoms with Crippen LogP contribution in [0, 0.1) is 5.92 Å². The summed E-state index contributed by atoms with van der Waals surface area (Å²) < 4.78 is 0. The van der Waals surface area contributed by atoms with Crippen LogP contribution in [0.25, 0.3) is 0 Å². The number of rotatable bonds is 3. The number of halogens is 2. The molecule has 0 aromatic heterocycles. The van der Waals surface area contributed by atoms with Crippen LogP contribution in [0.5, 0.6) is 0 Å². The molecule has 0 bridgehead atoms. The maximum absolute atomic E-state index is 3.35. The standard InChI is InChI=1S/C7H16N2.2ClH/c1-2-8-5-7-3-4-9-6-7;;/h7-9H,2-6H2,1H3;2*1H. The molecule has 1 heterocycles. The highest BCUT2D eigenvalue weighted by molar-refractivity contribution is 5.85. The first-order valence-electron chi connectivity index (χ1n) is 3.85. The monoisotopic (exact) mass is 200 g/mol. The predicted molar refractivity (Wildman–Crippen MR) is 54.0 cm³/mol. The van der Waals surface area contributed by atoms with E-state index in [1.165, 1.54) is 26.1 Å². The molecule has 1 rings (SSSR count). The van der Waals surface area contributed by atoms with Gasteiger partial charge in [0.2, 0.25) is 0 Å². The quantitative estimate of drug-likeness (QED) is 0.713. The summed E-state index contributed by atoms with van der Waals surface area (Å²) in [5.74, 6) is 0.893. The minimum absolute atomic E-state index is 0. The Kier molecular flexibility index (Phi) is 11.0. The van der Waals surface area contributed by atoms with E-state index in [-0.39, 0.29) is 24.8 Å². The van der Waals surface area contributed by atoms with Gasteiger partial charge in [-0.25, -0.2) is 0 Å². The van der Waals surface area contributed by atoms with E-state index < -0.39 is 0 Å². The molecule has 0 aliphatic carbocycles. The third-order valence-electron chi connectivity index (χ3n) is 1.85. The molecule has 1 atom stereocenters. The van der Waals surface area contributed by atoms with Crippen molar-refractivity contribution in [3.63, 3.8) is 0 Å². The van der Waals surface area contributed by atoms with Gasteiger partial charge in [0.05, 0.1) is 0 Å². The van der Waals surface area contributed by atoms with E-state index in [0.29, 0.717) is 0 Å². The second-order valence-electron chi connectivity index (χ2n) is 2.67. The normalized spacial score (nSPS) is 22.1. The molecule has 0 aromatic rings. The molecule has 1 aliphatic heterocycles. The molecule has 1 saturated heterocycles. The van der Waals surface area contributed by atoms with Gasteiger partial charge in [-0.1, -0.05) is 6.92 Å². The fourth-order valence-electron chi connectivity index (χ4n) is 1.24. The molecule has 0 spiro atoms. The van der Waals surface area contributed by atoms with Gasteiger partial charge in [-0.05, 0) is 38.5 Å². The highest BCUT2D eigenvalue weighted by atomic mass is 35.5. The van der Waals surface area contributed by atoms with Gasteiger partial charge >= 0.3 is 0 Å². The molecule has 2 nitrogen and oxygen atoms in total. The van der Waals surface area contributed by atoms with Crippen LogP contribution in [0.4, 0.5) is 0 Å². The fourth-order valence-corrected chi connectivity index (χ4v) is 1.24. The highest BCUT2D eigenvalue weighted by Gasteiger charge is 2.12. The van der Waals surface area contributed by atoms with Gasteiger partial charge in [-0.2, -0.15) is 0 Å². The lowest BCUT2D eigenvalue weighted by atomic mass is 10.1. The number of nitrogens with one attached hydrogen (secondary N) is 2. The van der Waals surface area contributed by atoms with E-state index in [2.05, 4.69) is 17.6 Å². The third kappa shape index (κ3) is 5.74. The van der Waals surface area contributed by atoms with Crippen molar-refractivity contribution < 1.29 is 0 Å². The molecule has 11 heavy (non-hydrogen) atoms.